The molecule has 1 heterocycles. The Morgan fingerprint density at radius 1 is 1.67 bits per heavy atom. The molecule has 0 N–H and O–H groups in total. The van der Waals surface area contributed by atoms with E-state index in [1.807, 2.05) is 5.82 Å². The van der Waals surface area contributed by atoms with E-state index in [1.165, 1.54) is 0 Å². The molecular formula is C7H13OP. The molecule has 1 nitrogen and oxygen atoms in total. The van der Waals surface area contributed by atoms with Crippen LogP contribution in [-0.4, -0.2) is 12.3 Å². The lowest BCUT2D eigenvalue weighted by Gasteiger charge is -2.04. The average molecular weight is 144 g/mol. The Morgan fingerprint density at radius 3 is 2.89 bits per heavy atom. The van der Waals surface area contributed by atoms with Gasteiger partial charge in [0.2, 0.25) is 0 Å². The fourth-order valence-corrected chi connectivity index (χ4v) is 3.60. The molecule has 52 valence electrons. The summed E-state index contributed by atoms with van der Waals surface area (Å²) < 4.78 is 11.5. The Labute approximate surface area is 56.5 Å². The molecule has 0 amide bonds. The van der Waals surface area contributed by atoms with E-state index in [1.54, 1.807) is 0 Å². The second-order valence-corrected chi connectivity index (χ2v) is 5.67. The first-order valence-electron chi connectivity index (χ1n) is 3.52. The predicted molar refractivity (Wildman–Crippen MR) is 41.4 cm³/mol. The summed E-state index contributed by atoms with van der Waals surface area (Å²) in [5.74, 6) is 1.94. The highest BCUT2D eigenvalue weighted by atomic mass is 31.2. The maximum Gasteiger partial charge on any atom is 0.108 e. The van der Waals surface area contributed by atoms with Crippen LogP contribution in [-0.2, 0) is 4.57 Å². The zero-order valence-corrected chi connectivity index (χ0v) is 6.73. The molecule has 0 radical (unpaired) electrons. The van der Waals surface area contributed by atoms with E-state index >= 15 is 0 Å². The third kappa shape index (κ3) is 1.69. The summed E-state index contributed by atoms with van der Waals surface area (Å²) in [6, 6.07) is 0. The van der Waals surface area contributed by atoms with Gasteiger partial charge in [-0.2, -0.15) is 0 Å². The Balaban J connectivity index is 2.53. The maximum atomic E-state index is 11.5. The normalized spacial score (nSPS) is 33.4. The van der Waals surface area contributed by atoms with Gasteiger partial charge in [0.25, 0.3) is 0 Å². The lowest BCUT2D eigenvalue weighted by molar-refractivity contribution is 0.581. The van der Waals surface area contributed by atoms with Crippen molar-refractivity contribution in [3.05, 3.63) is 11.9 Å². The quantitative estimate of drug-likeness (QED) is 0.544. The van der Waals surface area contributed by atoms with Gasteiger partial charge in [-0.1, -0.05) is 13.0 Å². The zero-order chi connectivity index (χ0) is 6.74. The average Bonchev–Trinajstić information content (AvgIpc) is 2.16. The van der Waals surface area contributed by atoms with Gasteiger partial charge in [-0.15, -0.1) is 0 Å². The van der Waals surface area contributed by atoms with Crippen LogP contribution in [0.25, 0.3) is 0 Å². The summed E-state index contributed by atoms with van der Waals surface area (Å²) in [5, 5.41) is 0. The Morgan fingerprint density at radius 2 is 2.44 bits per heavy atom. The van der Waals surface area contributed by atoms with Crippen LogP contribution in [0.4, 0.5) is 0 Å². The van der Waals surface area contributed by atoms with Gasteiger partial charge in [-0.3, -0.25) is 0 Å². The number of hydrogen-bond acceptors (Lipinski definition) is 1. The van der Waals surface area contributed by atoms with E-state index in [9.17, 15) is 4.57 Å². The van der Waals surface area contributed by atoms with Crippen LogP contribution in [0.15, 0.2) is 11.9 Å². The van der Waals surface area contributed by atoms with Crippen molar-refractivity contribution in [3.8, 4) is 0 Å². The van der Waals surface area contributed by atoms with E-state index in [4.69, 9.17) is 0 Å². The molecule has 0 aliphatic carbocycles. The minimum atomic E-state index is -1.75. The van der Waals surface area contributed by atoms with Gasteiger partial charge in [0, 0.05) is 12.3 Å². The van der Waals surface area contributed by atoms with Crippen LogP contribution in [0.3, 0.4) is 0 Å². The van der Waals surface area contributed by atoms with Gasteiger partial charge in [-0.25, -0.2) is 0 Å². The standard InChI is InChI=1S/C7H13OP/c1-2-5-9(8)6-3-4-7-9/h3,6H,2,4-5,7H2,1H3. The van der Waals surface area contributed by atoms with E-state index in [0.29, 0.717) is 0 Å². The van der Waals surface area contributed by atoms with Crippen molar-refractivity contribution in [2.75, 3.05) is 12.3 Å². The molecule has 1 rings (SSSR count). The molecule has 9 heavy (non-hydrogen) atoms. The molecule has 0 saturated carbocycles. The first-order valence-corrected chi connectivity index (χ1v) is 5.67. The van der Waals surface area contributed by atoms with Gasteiger partial charge >= 0.3 is 0 Å². The van der Waals surface area contributed by atoms with Crippen LogP contribution in [0.1, 0.15) is 19.8 Å². The zero-order valence-electron chi connectivity index (χ0n) is 5.84. The van der Waals surface area contributed by atoms with Crippen molar-refractivity contribution in [1.29, 1.82) is 0 Å². The number of rotatable bonds is 2. The summed E-state index contributed by atoms with van der Waals surface area (Å²) >= 11 is 0. The van der Waals surface area contributed by atoms with Gasteiger partial charge in [0.05, 0.1) is 0 Å². The monoisotopic (exact) mass is 144 g/mol. The van der Waals surface area contributed by atoms with E-state index in [-0.39, 0.29) is 0 Å². The topological polar surface area (TPSA) is 17.1 Å². The van der Waals surface area contributed by atoms with Crippen molar-refractivity contribution in [2.24, 2.45) is 0 Å². The molecular weight excluding hydrogens is 131 g/mol. The first kappa shape index (κ1) is 7.08. The molecule has 0 spiro atoms. The second kappa shape index (κ2) is 2.70. The third-order valence-electron chi connectivity index (χ3n) is 1.65. The minimum Gasteiger partial charge on any atom is -0.319 e. The highest BCUT2D eigenvalue weighted by molar-refractivity contribution is 7.67. The van der Waals surface area contributed by atoms with Crippen molar-refractivity contribution in [3.63, 3.8) is 0 Å². The SMILES string of the molecule is CCCP1(=O)C=CCC1. The lowest BCUT2D eigenvalue weighted by Crippen LogP contribution is -1.84. The van der Waals surface area contributed by atoms with Crippen LogP contribution >= 0.6 is 7.14 Å². The second-order valence-electron chi connectivity index (χ2n) is 2.57. The molecule has 1 aliphatic rings. The molecule has 1 unspecified atom stereocenters. The van der Waals surface area contributed by atoms with Gasteiger partial charge < -0.3 is 4.57 Å². The van der Waals surface area contributed by atoms with Crippen LogP contribution < -0.4 is 0 Å². The third-order valence-corrected chi connectivity index (χ3v) is 4.63. The molecule has 0 fully saturated rings. The first-order chi connectivity index (χ1) is 4.27. The summed E-state index contributed by atoms with van der Waals surface area (Å²) in [6.07, 6.45) is 6.00. The van der Waals surface area contributed by atoms with E-state index in [2.05, 4.69) is 13.0 Å². The minimum absolute atomic E-state index is 0.920. The van der Waals surface area contributed by atoms with Crippen molar-refractivity contribution in [2.45, 2.75) is 19.8 Å². The maximum absolute atomic E-state index is 11.5. The number of hydrogen-bond donors (Lipinski definition) is 0. The van der Waals surface area contributed by atoms with Gasteiger partial charge in [0.1, 0.15) is 7.14 Å². The molecule has 0 saturated heterocycles. The highest BCUT2D eigenvalue weighted by Crippen LogP contribution is 2.51. The Bertz CT molecular complexity index is 160. The van der Waals surface area contributed by atoms with E-state index < -0.39 is 7.14 Å². The molecule has 0 aromatic heterocycles. The molecule has 1 aliphatic heterocycles. The summed E-state index contributed by atoms with van der Waals surface area (Å²) in [5.41, 5.74) is 0. The summed E-state index contributed by atoms with van der Waals surface area (Å²) in [6.45, 7) is 2.09. The largest absolute Gasteiger partial charge is 0.319 e. The van der Waals surface area contributed by atoms with Crippen molar-refractivity contribution in [1.82, 2.24) is 0 Å². The molecule has 2 heteroatoms. The lowest BCUT2D eigenvalue weighted by atomic mass is 10.5. The predicted octanol–water partition coefficient (Wildman–Crippen LogP) is 2.68. The van der Waals surface area contributed by atoms with Crippen molar-refractivity contribution < 1.29 is 4.57 Å². The number of allylic oxidation sites excluding steroid dienone is 1. The Kier molecular flexibility index (Phi) is 2.13. The van der Waals surface area contributed by atoms with Crippen LogP contribution in [0.5, 0.6) is 0 Å². The molecule has 0 aromatic carbocycles. The van der Waals surface area contributed by atoms with Crippen molar-refractivity contribution >= 4 is 7.14 Å². The smallest absolute Gasteiger partial charge is 0.108 e. The Hall–Kier alpha value is -0.0300. The molecule has 0 aromatic rings. The molecule has 0 bridgehead atoms. The summed E-state index contributed by atoms with van der Waals surface area (Å²) in [7, 11) is -1.75. The van der Waals surface area contributed by atoms with Crippen LogP contribution in [0.2, 0.25) is 0 Å². The fraction of sp³-hybridized carbons (Fsp3) is 0.714. The van der Waals surface area contributed by atoms with Gasteiger partial charge in [0.15, 0.2) is 0 Å². The highest BCUT2D eigenvalue weighted by Gasteiger charge is 2.19. The fourth-order valence-electron chi connectivity index (χ4n) is 1.20. The van der Waals surface area contributed by atoms with E-state index in [0.717, 1.165) is 25.2 Å². The molecule has 1 atom stereocenters. The van der Waals surface area contributed by atoms with Crippen LogP contribution in [0, 0.1) is 0 Å². The van der Waals surface area contributed by atoms with Gasteiger partial charge in [-0.05, 0) is 18.7 Å². The summed E-state index contributed by atoms with van der Waals surface area (Å²) in [4.78, 5) is 0.